The van der Waals surface area contributed by atoms with Gasteiger partial charge in [0.2, 0.25) is 0 Å². The largest absolute Gasteiger partial charge is 0.463 e. The van der Waals surface area contributed by atoms with Crippen molar-refractivity contribution in [3.05, 3.63) is 47.5 Å². The Morgan fingerprint density at radius 1 is 0.475 bits per heavy atom. The van der Waals surface area contributed by atoms with Crippen LogP contribution in [0.15, 0.2) is 36.4 Å². The molecule has 0 atom stereocenters. The van der Waals surface area contributed by atoms with E-state index < -0.39 is 0 Å². The van der Waals surface area contributed by atoms with Crippen molar-refractivity contribution in [3.63, 3.8) is 0 Å². The second-order valence-electron chi connectivity index (χ2n) is 11.0. The van der Waals surface area contributed by atoms with Gasteiger partial charge in [-0.05, 0) is 36.1 Å². The highest BCUT2D eigenvalue weighted by molar-refractivity contribution is 5.88. The number of esters is 2. The molecule has 1 aromatic carbocycles. The van der Waals surface area contributed by atoms with Gasteiger partial charge >= 0.3 is 11.9 Å². The molecule has 1 aromatic rings. The van der Waals surface area contributed by atoms with E-state index in [4.69, 9.17) is 9.47 Å². The number of rotatable bonds is 26. The quantitative estimate of drug-likeness (QED) is 0.0649. The van der Waals surface area contributed by atoms with Crippen LogP contribution in [0, 0.1) is 0 Å². The molecule has 4 nitrogen and oxygen atoms in total. The normalized spacial score (nSPS) is 11.4. The Balaban J connectivity index is 2.07. The van der Waals surface area contributed by atoms with Gasteiger partial charge in [0.1, 0.15) is 0 Å². The van der Waals surface area contributed by atoms with Crippen molar-refractivity contribution < 1.29 is 19.1 Å². The van der Waals surface area contributed by atoms with Gasteiger partial charge in [0.05, 0.1) is 13.2 Å². The lowest BCUT2D eigenvalue weighted by Gasteiger charge is -2.03. The maximum absolute atomic E-state index is 12.0. The fourth-order valence-electron chi connectivity index (χ4n) is 4.67. The Morgan fingerprint density at radius 3 is 1.05 bits per heavy atom. The first-order valence-corrected chi connectivity index (χ1v) is 16.5. The number of benzene rings is 1. The minimum atomic E-state index is -0.301. The van der Waals surface area contributed by atoms with Crippen molar-refractivity contribution >= 4 is 24.1 Å². The second-order valence-corrected chi connectivity index (χ2v) is 11.0. The molecule has 0 heterocycles. The molecule has 0 N–H and O–H groups in total. The van der Waals surface area contributed by atoms with Crippen LogP contribution in [0.2, 0.25) is 0 Å². The van der Waals surface area contributed by atoms with E-state index >= 15 is 0 Å². The molecule has 226 valence electrons. The van der Waals surface area contributed by atoms with Crippen LogP contribution in [-0.2, 0) is 19.1 Å². The Morgan fingerprint density at radius 2 is 0.750 bits per heavy atom. The minimum absolute atomic E-state index is 0.301. The molecule has 0 saturated heterocycles. The molecule has 0 fully saturated rings. The summed E-state index contributed by atoms with van der Waals surface area (Å²) in [7, 11) is 0. The Hall–Kier alpha value is -2.36. The molecule has 0 amide bonds. The van der Waals surface area contributed by atoms with E-state index in [1.165, 1.54) is 115 Å². The summed E-state index contributed by atoms with van der Waals surface area (Å²) >= 11 is 0. The molecule has 0 aromatic heterocycles. The molecular formula is C36H58O4. The highest BCUT2D eigenvalue weighted by Gasteiger charge is 2.00. The zero-order valence-electron chi connectivity index (χ0n) is 25.8. The van der Waals surface area contributed by atoms with Gasteiger partial charge in [0.15, 0.2) is 0 Å². The molecule has 0 radical (unpaired) electrons. The van der Waals surface area contributed by atoms with Crippen LogP contribution in [0.1, 0.15) is 153 Å². The summed E-state index contributed by atoms with van der Waals surface area (Å²) < 4.78 is 10.6. The van der Waals surface area contributed by atoms with Gasteiger partial charge in [-0.2, -0.15) is 0 Å². The van der Waals surface area contributed by atoms with E-state index in [1.807, 2.05) is 24.3 Å². The predicted molar refractivity (Wildman–Crippen MR) is 170 cm³/mol. The van der Waals surface area contributed by atoms with Crippen molar-refractivity contribution in [2.45, 2.75) is 142 Å². The van der Waals surface area contributed by atoms with Crippen molar-refractivity contribution in [3.8, 4) is 0 Å². The number of hydrogen-bond donors (Lipinski definition) is 0. The lowest BCUT2D eigenvalue weighted by molar-refractivity contribution is -0.138. The summed E-state index contributed by atoms with van der Waals surface area (Å²) in [6, 6.07) is 7.67. The average Bonchev–Trinajstić information content (AvgIpc) is 2.97. The lowest BCUT2D eigenvalue weighted by Crippen LogP contribution is -2.02. The smallest absolute Gasteiger partial charge is 0.330 e. The van der Waals surface area contributed by atoms with Crippen molar-refractivity contribution in [2.24, 2.45) is 0 Å². The highest BCUT2D eigenvalue weighted by Crippen LogP contribution is 2.12. The Labute approximate surface area is 246 Å². The van der Waals surface area contributed by atoms with Crippen LogP contribution in [0.25, 0.3) is 12.2 Å². The molecule has 0 bridgehead atoms. The number of unbranched alkanes of at least 4 members (excludes halogenated alkanes) is 18. The molecule has 0 aliphatic rings. The number of carbonyl (C=O) groups excluding carboxylic acids is 2. The van der Waals surface area contributed by atoms with Crippen LogP contribution in [-0.4, -0.2) is 25.2 Å². The van der Waals surface area contributed by atoms with Gasteiger partial charge in [-0.25, -0.2) is 9.59 Å². The summed E-state index contributed by atoms with van der Waals surface area (Å²) in [6.45, 7) is 5.47. The van der Waals surface area contributed by atoms with E-state index in [0.717, 1.165) is 36.8 Å². The average molecular weight is 555 g/mol. The first-order valence-electron chi connectivity index (χ1n) is 16.5. The third-order valence-corrected chi connectivity index (χ3v) is 7.24. The van der Waals surface area contributed by atoms with E-state index in [9.17, 15) is 9.59 Å². The fraction of sp³-hybridized carbons (Fsp3) is 0.667. The maximum Gasteiger partial charge on any atom is 0.330 e. The number of ether oxygens (including phenoxy) is 2. The summed E-state index contributed by atoms with van der Waals surface area (Å²) in [5.41, 5.74) is 1.83. The highest BCUT2D eigenvalue weighted by atomic mass is 16.5. The minimum Gasteiger partial charge on any atom is -0.463 e. The molecule has 40 heavy (non-hydrogen) atoms. The summed E-state index contributed by atoms with van der Waals surface area (Å²) in [4.78, 5) is 23.9. The first kappa shape index (κ1) is 35.7. The molecule has 1 rings (SSSR count). The second kappa shape index (κ2) is 26.8. The fourth-order valence-corrected chi connectivity index (χ4v) is 4.67. The van der Waals surface area contributed by atoms with Gasteiger partial charge in [0.25, 0.3) is 0 Å². The van der Waals surface area contributed by atoms with E-state index in [-0.39, 0.29) is 11.9 Å². The summed E-state index contributed by atoms with van der Waals surface area (Å²) in [5, 5.41) is 0. The van der Waals surface area contributed by atoms with Crippen LogP contribution in [0.5, 0.6) is 0 Å². The van der Waals surface area contributed by atoms with E-state index in [1.54, 1.807) is 12.2 Å². The molecule has 0 spiro atoms. The maximum atomic E-state index is 12.0. The topological polar surface area (TPSA) is 52.6 Å². The molecule has 0 unspecified atom stereocenters. The lowest BCUT2D eigenvalue weighted by atomic mass is 10.1. The van der Waals surface area contributed by atoms with Crippen LogP contribution in [0.3, 0.4) is 0 Å². The van der Waals surface area contributed by atoms with Crippen molar-refractivity contribution in [1.29, 1.82) is 0 Å². The van der Waals surface area contributed by atoms with Crippen molar-refractivity contribution in [1.82, 2.24) is 0 Å². The summed E-state index contributed by atoms with van der Waals surface area (Å²) in [6.07, 6.45) is 31.7. The van der Waals surface area contributed by atoms with Gasteiger partial charge < -0.3 is 9.47 Å². The Bertz CT molecular complexity index is 727. The van der Waals surface area contributed by atoms with Gasteiger partial charge in [-0.15, -0.1) is 0 Å². The van der Waals surface area contributed by atoms with Crippen LogP contribution >= 0.6 is 0 Å². The number of carbonyl (C=O) groups is 2. The van der Waals surface area contributed by atoms with E-state index in [0.29, 0.717) is 13.2 Å². The number of hydrogen-bond acceptors (Lipinski definition) is 4. The molecule has 0 saturated carbocycles. The van der Waals surface area contributed by atoms with Crippen LogP contribution in [0.4, 0.5) is 0 Å². The molecule has 0 aliphatic heterocycles. The standard InChI is InChI=1S/C36H58O4/c1-3-5-7-9-11-13-15-17-19-21-31-39-35(37)29-27-33-23-25-34(26-24-33)28-30-36(38)40-32-22-20-18-16-14-12-10-8-6-4-2/h23-30H,3-22,31-32H2,1-2H3. The van der Waals surface area contributed by atoms with Crippen molar-refractivity contribution in [2.75, 3.05) is 13.2 Å². The predicted octanol–water partition coefficient (Wildman–Crippen LogP) is 10.6. The van der Waals surface area contributed by atoms with Gasteiger partial charge in [-0.3, -0.25) is 0 Å². The monoisotopic (exact) mass is 554 g/mol. The SMILES string of the molecule is CCCCCCCCCCCCOC(=O)C=Cc1ccc(C=CC(=O)OCCCCCCCCCCCC)cc1. The third kappa shape index (κ3) is 22.5. The van der Waals surface area contributed by atoms with Gasteiger partial charge in [0, 0.05) is 12.2 Å². The Kier molecular flexibility index (Phi) is 23.9. The molecule has 4 heteroatoms. The zero-order chi connectivity index (χ0) is 28.9. The van der Waals surface area contributed by atoms with Gasteiger partial charge in [-0.1, -0.05) is 154 Å². The van der Waals surface area contributed by atoms with Crippen LogP contribution < -0.4 is 0 Å². The molecular weight excluding hydrogens is 496 g/mol. The van der Waals surface area contributed by atoms with E-state index in [2.05, 4.69) is 13.8 Å². The molecule has 0 aliphatic carbocycles. The summed E-state index contributed by atoms with van der Waals surface area (Å²) in [5.74, 6) is -0.602. The first-order chi connectivity index (χ1) is 19.7. The third-order valence-electron chi connectivity index (χ3n) is 7.24. The zero-order valence-corrected chi connectivity index (χ0v) is 25.8.